The number of rotatable bonds is 3. The number of carbonyl (C=O) groups is 1. The summed E-state index contributed by atoms with van der Waals surface area (Å²) >= 11 is 0. The van der Waals surface area contributed by atoms with Crippen LogP contribution in [0.4, 0.5) is 5.82 Å². The predicted octanol–water partition coefficient (Wildman–Crippen LogP) is 2.64. The largest absolute Gasteiger partial charge is 0.383 e. The molecule has 98 valence electrons. The molecular formula is C16H13N3O. The normalized spacial score (nSPS) is 10.6. The fourth-order valence-electron chi connectivity index (χ4n) is 2.12. The smallest absolute Gasteiger partial charge is 0.167 e. The van der Waals surface area contributed by atoms with Crippen molar-refractivity contribution in [2.75, 3.05) is 5.73 Å². The summed E-state index contributed by atoms with van der Waals surface area (Å²) in [6, 6.07) is 12.9. The minimum Gasteiger partial charge on any atom is -0.383 e. The number of nitrogen functional groups attached to an aromatic ring is 1. The first kappa shape index (κ1) is 12.3. The highest BCUT2D eigenvalue weighted by Crippen LogP contribution is 2.16. The van der Waals surface area contributed by atoms with Gasteiger partial charge in [-0.2, -0.15) is 0 Å². The molecule has 0 amide bonds. The molecule has 4 nitrogen and oxygen atoms in total. The standard InChI is InChI=1S/C16H13N3O/c17-16-13(4-2-8-19-16)10-15(20)12-5-6-14-11(9-12)3-1-7-18-14/h1-9H,10H2,(H2,17,19). The van der Waals surface area contributed by atoms with Gasteiger partial charge in [-0.25, -0.2) is 4.98 Å². The quantitative estimate of drug-likeness (QED) is 0.737. The summed E-state index contributed by atoms with van der Waals surface area (Å²) < 4.78 is 0. The summed E-state index contributed by atoms with van der Waals surface area (Å²) in [5.74, 6) is 0.429. The number of nitrogens with zero attached hydrogens (tertiary/aromatic N) is 2. The number of pyridine rings is 2. The number of hydrogen-bond donors (Lipinski definition) is 1. The second kappa shape index (κ2) is 5.09. The Balaban J connectivity index is 1.91. The van der Waals surface area contributed by atoms with Crippen LogP contribution in [-0.4, -0.2) is 15.8 Å². The lowest BCUT2D eigenvalue weighted by atomic mass is 10.0. The topological polar surface area (TPSA) is 68.9 Å². The Morgan fingerprint density at radius 3 is 2.70 bits per heavy atom. The van der Waals surface area contributed by atoms with Crippen LogP contribution in [0.3, 0.4) is 0 Å². The van der Waals surface area contributed by atoms with E-state index in [1.165, 1.54) is 0 Å². The summed E-state index contributed by atoms with van der Waals surface area (Å²) in [6.07, 6.45) is 3.61. The molecule has 0 aliphatic carbocycles. The molecule has 3 aromatic rings. The van der Waals surface area contributed by atoms with Crippen LogP contribution in [-0.2, 0) is 6.42 Å². The molecule has 1 aromatic carbocycles. The highest BCUT2D eigenvalue weighted by molar-refractivity contribution is 6.00. The Bertz CT molecular complexity index is 783. The maximum absolute atomic E-state index is 12.3. The van der Waals surface area contributed by atoms with Crippen molar-refractivity contribution in [3.8, 4) is 0 Å². The van der Waals surface area contributed by atoms with E-state index in [9.17, 15) is 4.79 Å². The third-order valence-corrected chi connectivity index (χ3v) is 3.20. The van der Waals surface area contributed by atoms with Crippen LogP contribution in [0, 0.1) is 0 Å². The number of nitrogens with two attached hydrogens (primary N) is 1. The maximum atomic E-state index is 12.3. The zero-order valence-corrected chi connectivity index (χ0v) is 10.8. The molecule has 2 N–H and O–H groups in total. The van der Waals surface area contributed by atoms with Crippen molar-refractivity contribution in [2.45, 2.75) is 6.42 Å². The number of anilines is 1. The minimum absolute atomic E-state index is 0.0236. The number of ketones is 1. The molecule has 0 bridgehead atoms. The second-order valence-electron chi connectivity index (χ2n) is 4.56. The number of carbonyl (C=O) groups excluding carboxylic acids is 1. The van der Waals surface area contributed by atoms with Crippen LogP contribution < -0.4 is 5.73 Å². The van der Waals surface area contributed by atoms with Crippen LogP contribution >= 0.6 is 0 Å². The van der Waals surface area contributed by atoms with Crippen LogP contribution in [0.5, 0.6) is 0 Å². The average molecular weight is 263 g/mol. The Morgan fingerprint density at radius 1 is 1.05 bits per heavy atom. The zero-order chi connectivity index (χ0) is 13.9. The fourth-order valence-corrected chi connectivity index (χ4v) is 2.12. The van der Waals surface area contributed by atoms with Gasteiger partial charge in [0.2, 0.25) is 0 Å². The van der Waals surface area contributed by atoms with E-state index in [-0.39, 0.29) is 12.2 Å². The van der Waals surface area contributed by atoms with Gasteiger partial charge < -0.3 is 5.73 Å². The third-order valence-electron chi connectivity index (χ3n) is 3.20. The van der Waals surface area contributed by atoms with E-state index in [4.69, 9.17) is 5.73 Å². The highest BCUT2D eigenvalue weighted by Gasteiger charge is 2.10. The zero-order valence-electron chi connectivity index (χ0n) is 10.8. The van der Waals surface area contributed by atoms with E-state index < -0.39 is 0 Å². The number of benzene rings is 1. The van der Waals surface area contributed by atoms with Gasteiger partial charge in [-0.1, -0.05) is 12.1 Å². The number of aromatic nitrogens is 2. The van der Waals surface area contributed by atoms with Crippen molar-refractivity contribution >= 4 is 22.5 Å². The lowest BCUT2D eigenvalue weighted by molar-refractivity contribution is 0.0993. The van der Waals surface area contributed by atoms with Gasteiger partial charge in [0.05, 0.1) is 5.52 Å². The first-order chi connectivity index (χ1) is 9.74. The van der Waals surface area contributed by atoms with Gasteiger partial charge in [-0.15, -0.1) is 0 Å². The Morgan fingerprint density at radius 2 is 1.85 bits per heavy atom. The van der Waals surface area contributed by atoms with Gasteiger partial charge in [0.1, 0.15) is 5.82 Å². The molecule has 0 saturated heterocycles. The molecule has 0 spiro atoms. The number of Topliss-reactive ketones (excluding diaryl/α,β-unsaturated/α-hetero) is 1. The molecule has 2 aromatic heterocycles. The summed E-state index contributed by atoms with van der Waals surface area (Å²) in [5.41, 5.74) is 8.06. The first-order valence-electron chi connectivity index (χ1n) is 6.31. The van der Waals surface area contributed by atoms with Gasteiger partial charge in [-0.05, 0) is 30.3 Å². The van der Waals surface area contributed by atoms with Crippen molar-refractivity contribution in [3.63, 3.8) is 0 Å². The van der Waals surface area contributed by atoms with E-state index >= 15 is 0 Å². The minimum atomic E-state index is 0.0236. The molecule has 3 rings (SSSR count). The van der Waals surface area contributed by atoms with Crippen molar-refractivity contribution in [2.24, 2.45) is 0 Å². The molecule has 4 heteroatoms. The molecular weight excluding hydrogens is 250 g/mol. The fraction of sp³-hybridized carbons (Fsp3) is 0.0625. The lowest BCUT2D eigenvalue weighted by Crippen LogP contribution is -2.06. The lowest BCUT2D eigenvalue weighted by Gasteiger charge is -2.05. The SMILES string of the molecule is Nc1ncccc1CC(=O)c1ccc2ncccc2c1. The van der Waals surface area contributed by atoms with Crippen LogP contribution in [0.15, 0.2) is 54.9 Å². The van der Waals surface area contributed by atoms with Gasteiger partial charge >= 0.3 is 0 Å². The van der Waals surface area contributed by atoms with Crippen molar-refractivity contribution in [3.05, 3.63) is 66.0 Å². The molecule has 0 aliphatic heterocycles. The van der Waals surface area contributed by atoms with Crippen LogP contribution in [0.1, 0.15) is 15.9 Å². The molecule has 0 atom stereocenters. The average Bonchev–Trinajstić information content (AvgIpc) is 2.49. The summed E-state index contributed by atoms with van der Waals surface area (Å²) in [5, 5.41) is 0.956. The first-order valence-corrected chi connectivity index (χ1v) is 6.31. The maximum Gasteiger partial charge on any atom is 0.167 e. The Kier molecular flexibility index (Phi) is 3.13. The van der Waals surface area contributed by atoms with E-state index in [1.54, 1.807) is 24.5 Å². The molecule has 0 fully saturated rings. The van der Waals surface area contributed by atoms with Crippen LogP contribution in [0.2, 0.25) is 0 Å². The Hall–Kier alpha value is -2.75. The molecule has 0 saturated carbocycles. The number of fused-ring (bicyclic) bond motifs is 1. The van der Waals surface area contributed by atoms with Crippen molar-refractivity contribution in [1.82, 2.24) is 9.97 Å². The third kappa shape index (κ3) is 2.36. The second-order valence-corrected chi connectivity index (χ2v) is 4.56. The highest BCUT2D eigenvalue weighted by atomic mass is 16.1. The van der Waals surface area contributed by atoms with E-state index in [0.29, 0.717) is 11.4 Å². The molecule has 20 heavy (non-hydrogen) atoms. The summed E-state index contributed by atoms with van der Waals surface area (Å²) in [4.78, 5) is 20.5. The van der Waals surface area contributed by atoms with E-state index in [0.717, 1.165) is 16.5 Å². The van der Waals surface area contributed by atoms with E-state index in [2.05, 4.69) is 9.97 Å². The summed E-state index contributed by atoms with van der Waals surface area (Å²) in [7, 11) is 0. The molecule has 0 radical (unpaired) electrons. The van der Waals surface area contributed by atoms with Crippen LogP contribution in [0.25, 0.3) is 10.9 Å². The Labute approximate surface area is 116 Å². The van der Waals surface area contributed by atoms with Gasteiger partial charge in [0, 0.05) is 35.3 Å². The predicted molar refractivity (Wildman–Crippen MR) is 78.4 cm³/mol. The summed E-state index contributed by atoms with van der Waals surface area (Å²) in [6.45, 7) is 0. The van der Waals surface area contributed by atoms with Crippen molar-refractivity contribution < 1.29 is 4.79 Å². The van der Waals surface area contributed by atoms with Gasteiger partial charge in [0.15, 0.2) is 5.78 Å². The van der Waals surface area contributed by atoms with Gasteiger partial charge in [-0.3, -0.25) is 9.78 Å². The van der Waals surface area contributed by atoms with E-state index in [1.807, 2.05) is 30.3 Å². The van der Waals surface area contributed by atoms with Gasteiger partial charge in [0.25, 0.3) is 0 Å². The van der Waals surface area contributed by atoms with Crippen molar-refractivity contribution in [1.29, 1.82) is 0 Å². The molecule has 0 unspecified atom stereocenters. The molecule has 0 aliphatic rings. The molecule has 2 heterocycles. The monoisotopic (exact) mass is 263 g/mol. The number of hydrogen-bond acceptors (Lipinski definition) is 4.